The van der Waals surface area contributed by atoms with Crippen molar-refractivity contribution in [3.05, 3.63) is 53.2 Å². The highest BCUT2D eigenvalue weighted by Crippen LogP contribution is 2.40. The number of alkyl halides is 3. The molecule has 1 saturated carbocycles. The van der Waals surface area contributed by atoms with E-state index in [9.17, 15) is 18.0 Å². The molecule has 2 aliphatic rings. The maximum absolute atomic E-state index is 13.0. The standard InChI is InChI=1S/C21H18ClF3N6O/c1-29-10-16(21(23,24)25)27-18(29)13-4-2-12(3-5-13)9-30-11-17(32)31(14-6-7-14)15-8-26-20(22)28-19(15)30/h2-5,8,10,14H,6-7,9,11H2,1H3. The monoisotopic (exact) mass is 462 g/mol. The normalized spacial score (nSPS) is 16.5. The molecule has 1 aliphatic carbocycles. The van der Waals surface area contributed by atoms with E-state index in [1.807, 2.05) is 4.90 Å². The van der Waals surface area contributed by atoms with Crippen LogP contribution >= 0.6 is 11.6 Å². The summed E-state index contributed by atoms with van der Waals surface area (Å²) in [6.07, 6.45) is -0.0390. The molecule has 0 atom stereocenters. The minimum Gasteiger partial charge on any atom is -0.341 e. The molecule has 0 radical (unpaired) electrons. The maximum atomic E-state index is 13.0. The molecule has 1 aromatic carbocycles. The fraction of sp³-hybridized carbons (Fsp3) is 0.333. The molecule has 1 amide bonds. The summed E-state index contributed by atoms with van der Waals surface area (Å²) in [4.78, 5) is 28.5. The number of aryl methyl sites for hydroxylation is 1. The van der Waals surface area contributed by atoms with Gasteiger partial charge in [-0.3, -0.25) is 4.79 Å². The molecule has 32 heavy (non-hydrogen) atoms. The molecule has 2 aromatic heterocycles. The first-order valence-corrected chi connectivity index (χ1v) is 10.4. The number of rotatable bonds is 4. The molecule has 3 aromatic rings. The van der Waals surface area contributed by atoms with Crippen LogP contribution in [0.15, 0.2) is 36.7 Å². The van der Waals surface area contributed by atoms with Crippen LogP contribution in [-0.2, 0) is 24.6 Å². The summed E-state index contributed by atoms with van der Waals surface area (Å²) in [7, 11) is 1.52. The van der Waals surface area contributed by atoms with Crippen molar-refractivity contribution in [1.29, 1.82) is 0 Å². The van der Waals surface area contributed by atoms with Gasteiger partial charge in [-0.1, -0.05) is 24.3 Å². The Kier molecular flexibility index (Phi) is 4.85. The van der Waals surface area contributed by atoms with Crippen molar-refractivity contribution in [2.24, 2.45) is 7.05 Å². The van der Waals surface area contributed by atoms with Crippen molar-refractivity contribution in [3.8, 4) is 11.4 Å². The average Bonchev–Trinajstić information content (AvgIpc) is 3.48. The molecular weight excluding hydrogens is 445 g/mol. The summed E-state index contributed by atoms with van der Waals surface area (Å²) >= 11 is 6.02. The number of hydrogen-bond donors (Lipinski definition) is 0. The summed E-state index contributed by atoms with van der Waals surface area (Å²) in [5, 5.41) is 0.101. The van der Waals surface area contributed by atoms with Gasteiger partial charge in [0.1, 0.15) is 11.5 Å². The third kappa shape index (κ3) is 3.79. The number of imidazole rings is 1. The van der Waals surface area contributed by atoms with E-state index in [4.69, 9.17) is 11.6 Å². The Morgan fingerprint density at radius 2 is 1.88 bits per heavy atom. The van der Waals surface area contributed by atoms with E-state index in [2.05, 4.69) is 15.0 Å². The Bertz CT molecular complexity index is 1190. The fourth-order valence-electron chi connectivity index (χ4n) is 3.91. The van der Waals surface area contributed by atoms with Crippen LogP contribution in [0.25, 0.3) is 11.4 Å². The molecule has 3 heterocycles. The van der Waals surface area contributed by atoms with Crippen molar-refractivity contribution < 1.29 is 18.0 Å². The number of hydrogen-bond acceptors (Lipinski definition) is 5. The minimum atomic E-state index is -4.50. The summed E-state index contributed by atoms with van der Waals surface area (Å²) < 4.78 is 40.2. The predicted octanol–water partition coefficient (Wildman–Crippen LogP) is 4.06. The lowest BCUT2D eigenvalue weighted by Gasteiger charge is -2.36. The lowest BCUT2D eigenvalue weighted by Crippen LogP contribution is -2.47. The zero-order valence-electron chi connectivity index (χ0n) is 17.0. The van der Waals surface area contributed by atoms with Crippen molar-refractivity contribution in [2.45, 2.75) is 31.6 Å². The summed E-state index contributed by atoms with van der Waals surface area (Å²) in [6.45, 7) is 0.548. The van der Waals surface area contributed by atoms with Gasteiger partial charge in [0.05, 0.1) is 12.7 Å². The second kappa shape index (κ2) is 7.47. The zero-order chi connectivity index (χ0) is 22.6. The average molecular weight is 463 g/mol. The zero-order valence-corrected chi connectivity index (χ0v) is 17.7. The Hall–Kier alpha value is -3.14. The van der Waals surface area contributed by atoms with Gasteiger partial charge >= 0.3 is 6.18 Å². The highest BCUT2D eigenvalue weighted by atomic mass is 35.5. The first kappa shape index (κ1) is 20.7. The van der Waals surface area contributed by atoms with E-state index in [0.29, 0.717) is 23.6 Å². The molecule has 0 spiro atoms. The van der Waals surface area contributed by atoms with Gasteiger partial charge in [-0.25, -0.2) is 9.97 Å². The second-order valence-electron chi connectivity index (χ2n) is 7.95. The van der Waals surface area contributed by atoms with E-state index >= 15 is 0 Å². The van der Waals surface area contributed by atoms with Crippen LogP contribution in [0.1, 0.15) is 24.1 Å². The minimum absolute atomic E-state index is 0.0183. The van der Waals surface area contributed by atoms with Gasteiger partial charge in [0.2, 0.25) is 11.2 Å². The highest BCUT2D eigenvalue weighted by molar-refractivity contribution is 6.28. The second-order valence-corrected chi connectivity index (χ2v) is 8.29. The Morgan fingerprint density at radius 3 is 2.50 bits per heavy atom. The SMILES string of the molecule is Cn1cc(C(F)(F)F)nc1-c1ccc(CN2CC(=O)N(C3CC3)c3cnc(Cl)nc32)cc1. The van der Waals surface area contributed by atoms with Gasteiger partial charge in [0.25, 0.3) is 0 Å². The molecule has 7 nitrogen and oxygen atoms in total. The quantitative estimate of drug-likeness (QED) is 0.547. The third-order valence-electron chi connectivity index (χ3n) is 5.54. The van der Waals surface area contributed by atoms with Crippen molar-refractivity contribution >= 4 is 29.0 Å². The molecule has 0 bridgehead atoms. The first-order chi connectivity index (χ1) is 15.2. The van der Waals surface area contributed by atoms with Crippen LogP contribution in [0.2, 0.25) is 5.28 Å². The van der Waals surface area contributed by atoms with Crippen LogP contribution in [0.5, 0.6) is 0 Å². The van der Waals surface area contributed by atoms with E-state index < -0.39 is 11.9 Å². The van der Waals surface area contributed by atoms with Crippen LogP contribution in [-0.4, -0.2) is 38.0 Å². The van der Waals surface area contributed by atoms with Gasteiger partial charge < -0.3 is 14.4 Å². The predicted molar refractivity (Wildman–Crippen MR) is 112 cm³/mol. The Balaban J connectivity index is 1.40. The lowest BCUT2D eigenvalue weighted by atomic mass is 10.1. The molecule has 0 N–H and O–H groups in total. The summed E-state index contributed by atoms with van der Waals surface area (Å²) in [5.74, 6) is 0.802. The lowest BCUT2D eigenvalue weighted by molar-refractivity contribution is -0.140. The Morgan fingerprint density at radius 1 is 1.16 bits per heavy atom. The van der Waals surface area contributed by atoms with E-state index in [1.54, 1.807) is 35.4 Å². The van der Waals surface area contributed by atoms with E-state index in [0.717, 1.165) is 24.6 Å². The number of carbonyl (C=O) groups is 1. The number of halogens is 4. The molecule has 0 saturated heterocycles. The van der Waals surface area contributed by atoms with Gasteiger partial charge in [-0.2, -0.15) is 18.2 Å². The summed E-state index contributed by atoms with van der Waals surface area (Å²) in [6, 6.07) is 7.23. The van der Waals surface area contributed by atoms with Crippen LogP contribution in [0.3, 0.4) is 0 Å². The molecule has 0 unspecified atom stereocenters. The molecule has 166 valence electrons. The number of anilines is 2. The smallest absolute Gasteiger partial charge is 0.341 e. The number of carbonyl (C=O) groups excluding carboxylic acids is 1. The maximum Gasteiger partial charge on any atom is 0.434 e. The fourth-order valence-corrected chi connectivity index (χ4v) is 4.04. The number of nitrogens with zero attached hydrogens (tertiary/aromatic N) is 6. The third-order valence-corrected chi connectivity index (χ3v) is 5.72. The van der Waals surface area contributed by atoms with E-state index in [1.165, 1.54) is 11.6 Å². The number of benzene rings is 1. The molecule has 5 rings (SSSR count). The molecule has 11 heteroatoms. The number of aromatic nitrogens is 4. The largest absolute Gasteiger partial charge is 0.434 e. The van der Waals surface area contributed by atoms with Crippen LogP contribution in [0.4, 0.5) is 24.7 Å². The van der Waals surface area contributed by atoms with Gasteiger partial charge in [0, 0.05) is 31.4 Å². The molecule has 1 aliphatic heterocycles. The van der Waals surface area contributed by atoms with Crippen LogP contribution in [0, 0.1) is 0 Å². The summed E-state index contributed by atoms with van der Waals surface area (Å²) in [5.41, 5.74) is 1.15. The molecule has 1 fully saturated rings. The first-order valence-electron chi connectivity index (χ1n) is 10.00. The van der Waals surface area contributed by atoms with Gasteiger partial charge in [-0.15, -0.1) is 0 Å². The van der Waals surface area contributed by atoms with Crippen molar-refractivity contribution in [3.63, 3.8) is 0 Å². The highest BCUT2D eigenvalue weighted by Gasteiger charge is 2.40. The van der Waals surface area contributed by atoms with Gasteiger partial charge in [0.15, 0.2) is 11.5 Å². The van der Waals surface area contributed by atoms with Crippen LogP contribution < -0.4 is 9.80 Å². The van der Waals surface area contributed by atoms with Crippen molar-refractivity contribution in [2.75, 3.05) is 16.3 Å². The number of fused-ring (bicyclic) bond motifs is 1. The number of amides is 1. The topological polar surface area (TPSA) is 67.2 Å². The molecular formula is C21H18ClF3N6O. The van der Waals surface area contributed by atoms with Crippen molar-refractivity contribution in [1.82, 2.24) is 19.5 Å². The Labute approximate surface area is 186 Å². The van der Waals surface area contributed by atoms with E-state index in [-0.39, 0.29) is 29.6 Å². The van der Waals surface area contributed by atoms with Gasteiger partial charge in [-0.05, 0) is 30.0 Å².